The van der Waals surface area contributed by atoms with Crippen molar-refractivity contribution < 1.29 is 0 Å². The predicted octanol–water partition coefficient (Wildman–Crippen LogP) is 16.1. The Labute approximate surface area is 354 Å². The van der Waals surface area contributed by atoms with Gasteiger partial charge in [-0.2, -0.15) is 0 Å². The van der Waals surface area contributed by atoms with Crippen LogP contribution in [0, 0.1) is 0 Å². The fraction of sp³-hybridized carbons (Fsp3) is 0.175. The summed E-state index contributed by atoms with van der Waals surface area (Å²) in [4.78, 5) is 4.95. The van der Waals surface area contributed by atoms with Crippen LogP contribution in [0.1, 0.15) is 92.8 Å². The van der Waals surface area contributed by atoms with Crippen molar-refractivity contribution in [2.45, 2.75) is 65.7 Å². The number of hydrogen-bond acceptors (Lipinski definition) is 2. The fourth-order valence-electron chi connectivity index (χ4n) is 7.89. The zero-order valence-electron chi connectivity index (χ0n) is 35.8. The second kappa shape index (κ2) is 21.3. The van der Waals surface area contributed by atoms with Crippen LogP contribution >= 0.6 is 0 Å². The van der Waals surface area contributed by atoms with E-state index in [0.29, 0.717) is 6.42 Å². The van der Waals surface area contributed by atoms with E-state index in [-0.39, 0.29) is 5.41 Å². The lowest BCUT2D eigenvalue weighted by Gasteiger charge is -2.23. The van der Waals surface area contributed by atoms with Crippen molar-refractivity contribution in [2.75, 3.05) is 5.32 Å². The Balaban J connectivity index is 0.00000326. The number of rotatable bonds is 14. The lowest BCUT2D eigenvalue weighted by molar-refractivity contribution is 0.661. The van der Waals surface area contributed by atoms with Gasteiger partial charge in [0.15, 0.2) is 0 Å². The van der Waals surface area contributed by atoms with Crippen molar-refractivity contribution in [3.05, 3.63) is 234 Å². The molecule has 298 valence electrons. The molecule has 2 aliphatic carbocycles. The smallest absolute Gasteiger partial charge is 0.0464 e. The highest BCUT2D eigenvalue weighted by Crippen LogP contribution is 2.50. The van der Waals surface area contributed by atoms with E-state index in [4.69, 9.17) is 11.6 Å². The van der Waals surface area contributed by atoms with Gasteiger partial charge in [-0.1, -0.05) is 160 Å². The van der Waals surface area contributed by atoms with Crippen LogP contribution in [-0.2, 0) is 11.8 Å². The highest BCUT2D eigenvalue weighted by molar-refractivity contribution is 5.95. The molecule has 0 unspecified atom stereocenters. The molecular weight excluding hydrogens is 713 g/mol. The zero-order valence-corrected chi connectivity index (χ0v) is 35.8. The zero-order chi connectivity index (χ0) is 42.2. The molecule has 0 bridgehead atoms. The topological polar surface area (TPSA) is 24.4 Å². The summed E-state index contributed by atoms with van der Waals surface area (Å²) in [5.41, 5.74) is 17.4. The van der Waals surface area contributed by atoms with Crippen LogP contribution in [0.5, 0.6) is 0 Å². The highest BCUT2D eigenvalue weighted by Gasteiger charge is 2.37. The maximum absolute atomic E-state index is 4.95. The van der Waals surface area contributed by atoms with Crippen molar-refractivity contribution >= 4 is 46.0 Å². The van der Waals surface area contributed by atoms with Crippen molar-refractivity contribution in [1.82, 2.24) is 0 Å². The SMILES string of the molecule is C=C.C=CC\C=C(C/C=C(\C=C/C)c1ccc(Nc2cccc3c2C=CCC3)c(C(=C)/C=C2\C(=C/C)c3ccccc3C2(C)C)c1)/N=C/C=C(\C=C/C)c1ccccc1. The molecule has 0 heterocycles. The molecule has 2 aliphatic rings. The lowest BCUT2D eigenvalue weighted by atomic mass is 9.81. The Hall–Kier alpha value is -6.51. The molecule has 0 fully saturated rings. The summed E-state index contributed by atoms with van der Waals surface area (Å²) < 4.78 is 0. The van der Waals surface area contributed by atoms with Gasteiger partial charge >= 0.3 is 0 Å². The maximum Gasteiger partial charge on any atom is 0.0464 e. The van der Waals surface area contributed by atoms with E-state index in [9.17, 15) is 0 Å². The summed E-state index contributed by atoms with van der Waals surface area (Å²) in [6.07, 6.45) is 31.4. The summed E-state index contributed by atoms with van der Waals surface area (Å²) in [6, 6.07) is 32.5. The normalized spacial score (nSPS) is 16.4. The Morgan fingerprint density at radius 3 is 2.31 bits per heavy atom. The molecular formula is C57H60N2. The monoisotopic (exact) mass is 772 g/mol. The average Bonchev–Trinajstić information content (AvgIpc) is 3.49. The predicted molar refractivity (Wildman–Crippen MR) is 263 cm³/mol. The van der Waals surface area contributed by atoms with Gasteiger partial charge in [0, 0.05) is 46.2 Å². The maximum atomic E-state index is 4.95. The highest BCUT2D eigenvalue weighted by atomic mass is 14.9. The van der Waals surface area contributed by atoms with E-state index in [2.05, 4.69) is 205 Å². The van der Waals surface area contributed by atoms with Crippen molar-refractivity contribution in [1.29, 1.82) is 0 Å². The van der Waals surface area contributed by atoms with E-state index >= 15 is 0 Å². The first-order valence-electron chi connectivity index (χ1n) is 20.7. The van der Waals surface area contributed by atoms with Crippen molar-refractivity contribution in [3.8, 4) is 0 Å². The minimum absolute atomic E-state index is 0.162. The van der Waals surface area contributed by atoms with Gasteiger partial charge in [-0.3, -0.25) is 4.99 Å². The molecule has 59 heavy (non-hydrogen) atoms. The second-order valence-electron chi connectivity index (χ2n) is 15.0. The van der Waals surface area contributed by atoms with E-state index in [0.717, 1.165) is 69.7 Å². The summed E-state index contributed by atoms with van der Waals surface area (Å²) in [5, 5.41) is 3.85. The Bertz CT molecular complexity index is 2410. The van der Waals surface area contributed by atoms with E-state index in [1.54, 1.807) is 0 Å². The molecule has 0 saturated heterocycles. The summed E-state index contributed by atoms with van der Waals surface area (Å²) in [7, 11) is 0. The second-order valence-corrected chi connectivity index (χ2v) is 15.0. The van der Waals surface area contributed by atoms with Crippen LogP contribution in [0.3, 0.4) is 0 Å². The molecule has 4 aromatic carbocycles. The molecule has 2 heteroatoms. The van der Waals surface area contributed by atoms with Crippen LogP contribution in [-0.4, -0.2) is 6.21 Å². The quantitative estimate of drug-likeness (QED) is 0.0770. The number of aliphatic imine (C=N–C) groups is 1. The first-order valence-corrected chi connectivity index (χ1v) is 20.7. The first kappa shape index (κ1) is 43.6. The third-order valence-corrected chi connectivity index (χ3v) is 10.8. The molecule has 1 N–H and O–H groups in total. The third-order valence-electron chi connectivity index (χ3n) is 10.8. The summed E-state index contributed by atoms with van der Waals surface area (Å²) >= 11 is 0. The van der Waals surface area contributed by atoms with Gasteiger partial charge < -0.3 is 5.32 Å². The molecule has 0 amide bonds. The van der Waals surface area contributed by atoms with Crippen LogP contribution in [0.4, 0.5) is 11.4 Å². The molecule has 4 aromatic rings. The van der Waals surface area contributed by atoms with Gasteiger partial charge in [0.05, 0.1) is 0 Å². The number of hydrogen-bond donors (Lipinski definition) is 1. The van der Waals surface area contributed by atoms with Crippen LogP contribution < -0.4 is 5.32 Å². The number of aryl methyl sites for hydroxylation is 1. The largest absolute Gasteiger partial charge is 0.355 e. The molecule has 0 aliphatic heterocycles. The van der Waals surface area contributed by atoms with Gasteiger partial charge in [-0.05, 0) is 120 Å². The summed E-state index contributed by atoms with van der Waals surface area (Å²) in [6.45, 7) is 25.6. The number of anilines is 2. The van der Waals surface area contributed by atoms with Crippen LogP contribution in [0.2, 0.25) is 0 Å². The van der Waals surface area contributed by atoms with Gasteiger partial charge in [0.1, 0.15) is 0 Å². The third kappa shape index (κ3) is 10.5. The molecule has 0 radical (unpaired) electrons. The lowest BCUT2D eigenvalue weighted by Crippen LogP contribution is -2.15. The average molecular weight is 773 g/mol. The number of nitrogens with one attached hydrogen (secondary N) is 1. The number of fused-ring (bicyclic) bond motifs is 2. The molecule has 6 rings (SSSR count). The Morgan fingerprint density at radius 1 is 0.814 bits per heavy atom. The van der Waals surface area contributed by atoms with Crippen LogP contribution in [0.25, 0.3) is 28.4 Å². The molecule has 0 aromatic heterocycles. The van der Waals surface area contributed by atoms with Crippen molar-refractivity contribution in [2.24, 2.45) is 4.99 Å². The van der Waals surface area contributed by atoms with Gasteiger partial charge in [-0.15, -0.1) is 19.7 Å². The van der Waals surface area contributed by atoms with E-state index in [1.165, 1.54) is 33.4 Å². The Kier molecular flexibility index (Phi) is 15.7. The minimum Gasteiger partial charge on any atom is -0.355 e. The molecule has 0 saturated carbocycles. The number of benzene rings is 4. The van der Waals surface area contributed by atoms with Crippen LogP contribution in [0.15, 0.2) is 200 Å². The first-order chi connectivity index (χ1) is 28.8. The van der Waals surface area contributed by atoms with Gasteiger partial charge in [-0.25, -0.2) is 0 Å². The van der Waals surface area contributed by atoms with Gasteiger partial charge in [0.25, 0.3) is 0 Å². The number of allylic oxidation sites excluding steroid dienone is 16. The fourth-order valence-corrected chi connectivity index (χ4v) is 7.89. The van der Waals surface area contributed by atoms with E-state index < -0.39 is 0 Å². The van der Waals surface area contributed by atoms with E-state index in [1.807, 2.05) is 25.3 Å². The molecule has 2 nitrogen and oxygen atoms in total. The van der Waals surface area contributed by atoms with Gasteiger partial charge in [0.2, 0.25) is 0 Å². The standard InChI is InChI=1S/C55H56N2.C2H4/c1-8-12-27-46(56-37-36-42(22-10-3)43-23-14-13-15-24-43)34-32-41(21-9-2)45-33-35-54(57-53-31-20-26-44-25-16-17-28-48(44)53)50(39-45)40(5)38-52-47(11-4)49-29-18-19-30-51(49)55(52,6)7;1-2/h8-11,13-15,17-24,26-33,35-39,57H,1,5,12,16,25,34H2,2-4,6-7H3;1-2H2/b21-9-,22-10-,41-32+,42-36+,46-27-,47-11-,52-38+,56-37+;. The summed E-state index contributed by atoms with van der Waals surface area (Å²) in [5.74, 6) is 0. The number of nitrogens with zero attached hydrogens (tertiary/aromatic N) is 1. The van der Waals surface area contributed by atoms with Crippen molar-refractivity contribution in [3.63, 3.8) is 0 Å². The Morgan fingerprint density at radius 2 is 1.56 bits per heavy atom. The molecule has 0 atom stereocenters. The minimum atomic E-state index is -0.162. The molecule has 0 spiro atoms.